The molecule has 0 spiro atoms. The summed E-state index contributed by atoms with van der Waals surface area (Å²) in [6.45, 7) is 19.2. The highest BCUT2D eigenvalue weighted by Crippen LogP contribution is 2.40. The molecule has 0 bridgehead atoms. The maximum absolute atomic E-state index is 12.7. The Kier molecular flexibility index (Phi) is 8.02. The van der Waals surface area contributed by atoms with E-state index in [1.54, 1.807) is 0 Å². The summed E-state index contributed by atoms with van der Waals surface area (Å²) in [5, 5.41) is 10.9. The molecule has 5 nitrogen and oxygen atoms in total. The van der Waals surface area contributed by atoms with Gasteiger partial charge in [0.15, 0.2) is 0 Å². The molecule has 3 rings (SSSR count). The zero-order chi connectivity index (χ0) is 26.7. The number of carbonyl (C=O) groups excluding carboxylic acids is 1. The Morgan fingerprint density at radius 3 is 2.19 bits per heavy atom. The van der Waals surface area contributed by atoms with E-state index in [-0.39, 0.29) is 29.8 Å². The fourth-order valence-corrected chi connectivity index (χ4v) is 4.27. The van der Waals surface area contributed by atoms with Crippen LogP contribution in [0.5, 0.6) is 5.75 Å². The summed E-state index contributed by atoms with van der Waals surface area (Å²) in [6, 6.07) is 13.8. The van der Waals surface area contributed by atoms with Gasteiger partial charge in [-0.15, -0.1) is 0 Å². The van der Waals surface area contributed by atoms with Crippen LogP contribution in [0, 0.1) is 0 Å². The van der Waals surface area contributed by atoms with Crippen molar-refractivity contribution >= 4 is 17.4 Å². The lowest BCUT2D eigenvalue weighted by Gasteiger charge is -2.28. The van der Waals surface area contributed by atoms with Crippen molar-refractivity contribution in [2.24, 2.45) is 4.99 Å². The summed E-state index contributed by atoms with van der Waals surface area (Å²) < 4.78 is 11.6. The zero-order valence-corrected chi connectivity index (χ0v) is 22.9. The van der Waals surface area contributed by atoms with Crippen molar-refractivity contribution in [1.82, 2.24) is 0 Å². The summed E-state index contributed by atoms with van der Waals surface area (Å²) in [4.78, 5) is 17.5. The summed E-state index contributed by atoms with van der Waals surface area (Å²) in [7, 11) is 0. The molecule has 36 heavy (non-hydrogen) atoms. The number of hydrogen-bond donors (Lipinski definition) is 1. The molecule has 5 heteroatoms. The second kappa shape index (κ2) is 10.5. The first kappa shape index (κ1) is 27.5. The van der Waals surface area contributed by atoms with Crippen LogP contribution in [-0.4, -0.2) is 35.7 Å². The Morgan fingerprint density at radius 2 is 1.67 bits per heavy atom. The van der Waals surface area contributed by atoms with Gasteiger partial charge in [0.2, 0.25) is 5.90 Å². The van der Waals surface area contributed by atoms with Crippen molar-refractivity contribution in [3.05, 3.63) is 71.3 Å². The molecule has 1 aliphatic rings. The fourth-order valence-electron chi connectivity index (χ4n) is 4.27. The Labute approximate surface area is 216 Å². The largest absolute Gasteiger partial charge is 0.507 e. The van der Waals surface area contributed by atoms with Gasteiger partial charge < -0.3 is 14.6 Å². The molecule has 0 saturated heterocycles. The third-order valence-electron chi connectivity index (χ3n) is 6.76. The molecule has 0 aromatic heterocycles. The molecule has 1 N–H and O–H groups in total. The molecular weight excluding hydrogens is 450 g/mol. The standard InChI is InChI=1S/C31H41NO4/c1-9-31(20-36-28(32-31)21(2)23-13-11-10-12-14-23)19-35-26(33)16-15-22-17-24(29(3,4)5)27(34)25(18-22)30(6,7)8/h10-14,17-18,34H,2,9,15-16,19-20H2,1,3-8H3. The lowest BCUT2D eigenvalue weighted by atomic mass is 9.78. The van der Waals surface area contributed by atoms with Gasteiger partial charge >= 0.3 is 5.97 Å². The van der Waals surface area contributed by atoms with Gasteiger partial charge in [0.1, 0.15) is 24.5 Å². The van der Waals surface area contributed by atoms with Crippen molar-refractivity contribution in [3.8, 4) is 5.75 Å². The molecule has 1 atom stereocenters. The summed E-state index contributed by atoms with van der Waals surface area (Å²) >= 11 is 0. The molecular formula is C31H41NO4. The molecule has 1 heterocycles. The predicted molar refractivity (Wildman–Crippen MR) is 147 cm³/mol. The van der Waals surface area contributed by atoms with Crippen LogP contribution in [-0.2, 0) is 31.5 Å². The third-order valence-corrected chi connectivity index (χ3v) is 6.76. The molecule has 194 valence electrons. The van der Waals surface area contributed by atoms with Gasteiger partial charge in [-0.05, 0) is 45.9 Å². The SMILES string of the molecule is C=C(C1=NC(CC)(COC(=O)CCc2cc(C(C)(C)C)c(O)c(C(C)(C)C)c2)CO1)c1ccccc1. The molecule has 0 fully saturated rings. The number of nitrogens with zero attached hydrogens (tertiary/aromatic N) is 1. The minimum atomic E-state index is -0.597. The Bertz CT molecular complexity index is 1100. The van der Waals surface area contributed by atoms with E-state index < -0.39 is 5.54 Å². The third kappa shape index (κ3) is 6.37. The smallest absolute Gasteiger partial charge is 0.306 e. The van der Waals surface area contributed by atoms with Crippen molar-refractivity contribution < 1.29 is 19.4 Å². The minimum absolute atomic E-state index is 0.171. The fraction of sp³-hybridized carbons (Fsp3) is 0.484. The van der Waals surface area contributed by atoms with Gasteiger partial charge in [0, 0.05) is 12.0 Å². The van der Waals surface area contributed by atoms with E-state index in [1.807, 2.05) is 49.4 Å². The highest BCUT2D eigenvalue weighted by molar-refractivity contribution is 6.19. The number of esters is 1. The van der Waals surface area contributed by atoms with E-state index in [0.29, 0.717) is 31.1 Å². The van der Waals surface area contributed by atoms with Gasteiger partial charge in [-0.1, -0.05) is 97.5 Å². The van der Waals surface area contributed by atoms with Crippen LogP contribution < -0.4 is 0 Å². The molecule has 0 aliphatic carbocycles. The van der Waals surface area contributed by atoms with Crippen molar-refractivity contribution in [2.75, 3.05) is 13.2 Å². The van der Waals surface area contributed by atoms with Crippen LogP contribution in [0.3, 0.4) is 0 Å². The second-order valence-electron chi connectivity index (χ2n) is 11.8. The van der Waals surface area contributed by atoms with E-state index in [0.717, 1.165) is 27.8 Å². The normalized spacial score (nSPS) is 17.9. The maximum Gasteiger partial charge on any atom is 0.306 e. The van der Waals surface area contributed by atoms with E-state index in [9.17, 15) is 9.90 Å². The van der Waals surface area contributed by atoms with Gasteiger partial charge in [-0.3, -0.25) is 4.79 Å². The number of rotatable bonds is 8. The van der Waals surface area contributed by atoms with Gasteiger partial charge in [0.05, 0.1) is 0 Å². The first-order chi connectivity index (χ1) is 16.8. The molecule has 0 radical (unpaired) electrons. The first-order valence-electron chi connectivity index (χ1n) is 12.8. The summed E-state index contributed by atoms with van der Waals surface area (Å²) in [5.74, 6) is 0.585. The number of aliphatic imine (C=N–C) groups is 1. The number of ether oxygens (including phenoxy) is 2. The molecule has 2 aromatic rings. The summed E-state index contributed by atoms with van der Waals surface area (Å²) in [5.41, 5.74) is 3.48. The lowest BCUT2D eigenvalue weighted by molar-refractivity contribution is -0.145. The Hall–Kier alpha value is -3.08. The van der Waals surface area contributed by atoms with Crippen LogP contribution in [0.15, 0.2) is 54.0 Å². The maximum atomic E-state index is 12.7. The minimum Gasteiger partial charge on any atom is -0.507 e. The quantitative estimate of drug-likeness (QED) is 0.415. The van der Waals surface area contributed by atoms with Crippen LogP contribution in [0.1, 0.15) is 83.6 Å². The number of phenolic OH excluding ortho intramolecular Hbond substituents is 1. The first-order valence-corrected chi connectivity index (χ1v) is 12.8. The molecule has 1 unspecified atom stereocenters. The molecule has 0 saturated carbocycles. The van der Waals surface area contributed by atoms with E-state index in [4.69, 9.17) is 14.5 Å². The lowest BCUT2D eigenvalue weighted by Crippen LogP contribution is -2.34. The van der Waals surface area contributed by atoms with Crippen molar-refractivity contribution in [2.45, 2.75) is 84.1 Å². The Balaban J connectivity index is 1.67. The van der Waals surface area contributed by atoms with Gasteiger partial charge in [0.25, 0.3) is 0 Å². The zero-order valence-electron chi connectivity index (χ0n) is 22.9. The van der Waals surface area contributed by atoms with Gasteiger partial charge in [-0.25, -0.2) is 4.99 Å². The van der Waals surface area contributed by atoms with Crippen LogP contribution in [0.4, 0.5) is 0 Å². The van der Waals surface area contributed by atoms with Gasteiger partial charge in [-0.2, -0.15) is 0 Å². The number of benzene rings is 2. The second-order valence-corrected chi connectivity index (χ2v) is 11.8. The monoisotopic (exact) mass is 491 g/mol. The van der Waals surface area contributed by atoms with Crippen molar-refractivity contribution in [1.29, 1.82) is 0 Å². The van der Waals surface area contributed by atoms with Crippen LogP contribution in [0.25, 0.3) is 5.57 Å². The molecule has 1 aliphatic heterocycles. The highest BCUT2D eigenvalue weighted by Gasteiger charge is 2.37. The highest BCUT2D eigenvalue weighted by atomic mass is 16.5. The van der Waals surface area contributed by atoms with E-state index in [2.05, 4.69) is 48.1 Å². The van der Waals surface area contributed by atoms with Crippen molar-refractivity contribution in [3.63, 3.8) is 0 Å². The molecule has 2 aromatic carbocycles. The number of phenols is 1. The number of aromatic hydroxyl groups is 1. The summed E-state index contributed by atoms with van der Waals surface area (Å²) in [6.07, 6.45) is 1.49. The van der Waals surface area contributed by atoms with E-state index in [1.165, 1.54) is 0 Å². The van der Waals surface area contributed by atoms with Crippen LogP contribution in [0.2, 0.25) is 0 Å². The van der Waals surface area contributed by atoms with E-state index >= 15 is 0 Å². The Morgan fingerprint density at radius 1 is 1.08 bits per heavy atom. The predicted octanol–water partition coefficient (Wildman–Crippen LogP) is 6.75. The number of carbonyl (C=O) groups is 1. The van der Waals surface area contributed by atoms with Crippen LogP contribution >= 0.6 is 0 Å². The topological polar surface area (TPSA) is 68.1 Å². The average Bonchev–Trinajstić information content (AvgIpc) is 3.25. The average molecular weight is 492 g/mol. The number of hydrogen-bond acceptors (Lipinski definition) is 5. The number of aryl methyl sites for hydroxylation is 1. The molecule has 0 amide bonds.